The van der Waals surface area contributed by atoms with Crippen molar-refractivity contribution in [3.63, 3.8) is 0 Å². The SMILES string of the molecule is C[C@@H](Oc1ccccc1Cl)C(=O)N1CCC[C@H](c2nncn2C)C1. The highest BCUT2D eigenvalue weighted by Gasteiger charge is 2.30. The summed E-state index contributed by atoms with van der Waals surface area (Å²) in [6.07, 6.45) is 3.07. The molecule has 128 valence electrons. The van der Waals surface area contributed by atoms with Crippen LogP contribution in [0.25, 0.3) is 0 Å². The lowest BCUT2D eigenvalue weighted by Gasteiger charge is -2.33. The Morgan fingerprint density at radius 2 is 2.21 bits per heavy atom. The van der Waals surface area contributed by atoms with Crippen molar-refractivity contribution in [2.45, 2.75) is 31.8 Å². The normalized spacial score (nSPS) is 19.1. The van der Waals surface area contributed by atoms with E-state index in [1.807, 2.05) is 28.6 Å². The molecule has 1 aliphatic rings. The Hall–Kier alpha value is -2.08. The molecule has 0 bridgehead atoms. The van der Waals surface area contributed by atoms with Gasteiger partial charge >= 0.3 is 0 Å². The molecule has 0 saturated carbocycles. The number of carbonyl (C=O) groups is 1. The Balaban J connectivity index is 1.66. The van der Waals surface area contributed by atoms with Gasteiger partial charge in [-0.1, -0.05) is 23.7 Å². The third-order valence-corrected chi connectivity index (χ3v) is 4.65. The fourth-order valence-electron chi connectivity index (χ4n) is 3.09. The van der Waals surface area contributed by atoms with E-state index in [1.165, 1.54) is 0 Å². The molecule has 1 aromatic heterocycles. The van der Waals surface area contributed by atoms with Crippen LogP contribution in [0.3, 0.4) is 0 Å². The van der Waals surface area contributed by atoms with Crippen LogP contribution in [0.15, 0.2) is 30.6 Å². The smallest absolute Gasteiger partial charge is 0.263 e. The lowest BCUT2D eigenvalue weighted by molar-refractivity contribution is -0.139. The van der Waals surface area contributed by atoms with E-state index in [2.05, 4.69) is 10.2 Å². The maximum Gasteiger partial charge on any atom is 0.263 e. The van der Waals surface area contributed by atoms with Gasteiger partial charge in [0.1, 0.15) is 17.9 Å². The van der Waals surface area contributed by atoms with Crippen LogP contribution in [-0.2, 0) is 11.8 Å². The standard InChI is InChI=1S/C17H21ClN4O2/c1-12(24-15-8-4-3-7-14(15)18)17(23)22-9-5-6-13(10-22)16-20-19-11-21(16)2/h3-4,7-8,11-13H,5-6,9-10H2,1-2H3/t12-,13+/m1/s1. The fourth-order valence-corrected chi connectivity index (χ4v) is 3.27. The zero-order valence-corrected chi connectivity index (χ0v) is 14.6. The van der Waals surface area contributed by atoms with E-state index < -0.39 is 6.10 Å². The second-order valence-electron chi connectivity index (χ2n) is 6.11. The summed E-state index contributed by atoms with van der Waals surface area (Å²) in [5.41, 5.74) is 0. The molecular weight excluding hydrogens is 328 g/mol. The molecule has 0 aliphatic carbocycles. The average Bonchev–Trinajstić information content (AvgIpc) is 3.02. The van der Waals surface area contributed by atoms with Gasteiger partial charge in [-0.15, -0.1) is 10.2 Å². The molecule has 1 amide bonds. The molecule has 2 heterocycles. The van der Waals surface area contributed by atoms with Crippen LogP contribution in [0.1, 0.15) is 31.5 Å². The molecule has 0 spiro atoms. The van der Waals surface area contributed by atoms with Crippen molar-refractivity contribution >= 4 is 17.5 Å². The summed E-state index contributed by atoms with van der Waals surface area (Å²) in [7, 11) is 1.93. The summed E-state index contributed by atoms with van der Waals surface area (Å²) in [4.78, 5) is 14.6. The number of hydrogen-bond donors (Lipinski definition) is 0. The molecule has 1 aromatic carbocycles. The first-order chi connectivity index (χ1) is 11.6. The summed E-state index contributed by atoms with van der Waals surface area (Å²) >= 11 is 6.10. The molecule has 7 heteroatoms. The molecule has 0 radical (unpaired) electrons. The highest BCUT2D eigenvalue weighted by Crippen LogP contribution is 2.27. The van der Waals surface area contributed by atoms with Gasteiger partial charge < -0.3 is 14.2 Å². The number of nitrogens with zero attached hydrogens (tertiary/aromatic N) is 4. The fraction of sp³-hybridized carbons (Fsp3) is 0.471. The first-order valence-electron chi connectivity index (χ1n) is 8.10. The lowest BCUT2D eigenvalue weighted by atomic mass is 9.97. The van der Waals surface area contributed by atoms with E-state index in [9.17, 15) is 4.79 Å². The first kappa shape index (κ1) is 16.8. The molecule has 1 aliphatic heterocycles. The van der Waals surface area contributed by atoms with Crippen LogP contribution in [0, 0.1) is 0 Å². The van der Waals surface area contributed by atoms with Crippen LogP contribution in [0.4, 0.5) is 0 Å². The molecule has 24 heavy (non-hydrogen) atoms. The van der Waals surface area contributed by atoms with Crippen molar-refractivity contribution in [3.05, 3.63) is 41.4 Å². The number of halogens is 1. The predicted octanol–water partition coefficient (Wildman–Crippen LogP) is 2.64. The van der Waals surface area contributed by atoms with E-state index in [-0.39, 0.29) is 11.8 Å². The van der Waals surface area contributed by atoms with Crippen molar-refractivity contribution in [3.8, 4) is 5.75 Å². The number of benzene rings is 1. The number of aryl methyl sites for hydroxylation is 1. The molecule has 0 unspecified atom stereocenters. The minimum Gasteiger partial charge on any atom is -0.479 e. The summed E-state index contributed by atoms with van der Waals surface area (Å²) in [6.45, 7) is 3.14. The Morgan fingerprint density at radius 3 is 2.92 bits per heavy atom. The van der Waals surface area contributed by atoms with E-state index in [0.717, 1.165) is 25.2 Å². The van der Waals surface area contributed by atoms with Gasteiger partial charge in [0, 0.05) is 26.1 Å². The second-order valence-corrected chi connectivity index (χ2v) is 6.52. The van der Waals surface area contributed by atoms with Crippen LogP contribution in [-0.4, -0.2) is 44.8 Å². The number of likely N-dealkylation sites (tertiary alicyclic amines) is 1. The van der Waals surface area contributed by atoms with E-state index in [4.69, 9.17) is 16.3 Å². The summed E-state index contributed by atoms with van der Waals surface area (Å²) in [5, 5.41) is 8.63. The van der Waals surface area contributed by atoms with Crippen LogP contribution >= 0.6 is 11.6 Å². The largest absolute Gasteiger partial charge is 0.479 e. The predicted molar refractivity (Wildman–Crippen MR) is 91.1 cm³/mol. The van der Waals surface area contributed by atoms with Crippen molar-refractivity contribution < 1.29 is 9.53 Å². The summed E-state index contributed by atoms with van der Waals surface area (Å²) < 4.78 is 7.67. The number of carbonyl (C=O) groups excluding carboxylic acids is 1. The maximum absolute atomic E-state index is 12.7. The van der Waals surface area contributed by atoms with E-state index >= 15 is 0 Å². The molecule has 2 aromatic rings. The molecule has 0 N–H and O–H groups in total. The number of hydrogen-bond acceptors (Lipinski definition) is 4. The van der Waals surface area contributed by atoms with Gasteiger partial charge in [0.15, 0.2) is 6.10 Å². The Morgan fingerprint density at radius 1 is 1.42 bits per heavy atom. The Bertz CT molecular complexity index is 718. The number of para-hydroxylation sites is 1. The molecular formula is C17H21ClN4O2. The molecule has 1 saturated heterocycles. The Kier molecular flexibility index (Phi) is 5.04. The zero-order chi connectivity index (χ0) is 17.1. The van der Waals surface area contributed by atoms with Crippen LogP contribution < -0.4 is 4.74 Å². The van der Waals surface area contributed by atoms with Gasteiger partial charge in [0.05, 0.1) is 5.02 Å². The van der Waals surface area contributed by atoms with Gasteiger partial charge in [0.25, 0.3) is 5.91 Å². The highest BCUT2D eigenvalue weighted by molar-refractivity contribution is 6.32. The number of rotatable bonds is 4. The minimum atomic E-state index is -0.580. The number of ether oxygens (including phenoxy) is 1. The second kappa shape index (κ2) is 7.21. The number of aromatic nitrogens is 3. The first-order valence-corrected chi connectivity index (χ1v) is 8.48. The zero-order valence-electron chi connectivity index (χ0n) is 13.9. The van der Waals surface area contributed by atoms with E-state index in [1.54, 1.807) is 25.4 Å². The number of piperidine rings is 1. The van der Waals surface area contributed by atoms with Gasteiger partial charge in [-0.2, -0.15) is 0 Å². The third kappa shape index (κ3) is 3.53. The van der Waals surface area contributed by atoms with E-state index in [0.29, 0.717) is 17.3 Å². The van der Waals surface area contributed by atoms with Crippen molar-refractivity contribution in [2.75, 3.05) is 13.1 Å². The third-order valence-electron chi connectivity index (χ3n) is 4.33. The van der Waals surface area contributed by atoms with Crippen LogP contribution in [0.5, 0.6) is 5.75 Å². The van der Waals surface area contributed by atoms with Gasteiger partial charge in [-0.05, 0) is 31.9 Å². The van der Waals surface area contributed by atoms with Gasteiger partial charge in [-0.25, -0.2) is 0 Å². The summed E-state index contributed by atoms with van der Waals surface area (Å²) in [6, 6.07) is 7.19. The summed E-state index contributed by atoms with van der Waals surface area (Å²) in [5.74, 6) is 1.64. The molecule has 6 nitrogen and oxygen atoms in total. The monoisotopic (exact) mass is 348 g/mol. The van der Waals surface area contributed by atoms with Crippen molar-refractivity contribution in [1.29, 1.82) is 0 Å². The molecule has 1 fully saturated rings. The average molecular weight is 349 g/mol. The van der Waals surface area contributed by atoms with Crippen LogP contribution in [0.2, 0.25) is 5.02 Å². The van der Waals surface area contributed by atoms with Crippen molar-refractivity contribution in [2.24, 2.45) is 7.05 Å². The quantitative estimate of drug-likeness (QED) is 0.852. The highest BCUT2D eigenvalue weighted by atomic mass is 35.5. The van der Waals surface area contributed by atoms with Gasteiger partial charge in [0.2, 0.25) is 0 Å². The molecule has 3 rings (SSSR count). The van der Waals surface area contributed by atoms with Gasteiger partial charge in [-0.3, -0.25) is 4.79 Å². The topological polar surface area (TPSA) is 60.2 Å². The minimum absolute atomic E-state index is 0.0261. The number of amides is 1. The Labute approximate surface area is 146 Å². The molecule has 2 atom stereocenters. The van der Waals surface area contributed by atoms with Crippen molar-refractivity contribution in [1.82, 2.24) is 19.7 Å². The lowest BCUT2D eigenvalue weighted by Crippen LogP contribution is -2.45. The maximum atomic E-state index is 12.7.